The van der Waals surface area contributed by atoms with Gasteiger partial charge < -0.3 is 4.74 Å². The smallest absolute Gasteiger partial charge is 0.257 e. The second-order valence-corrected chi connectivity index (χ2v) is 7.26. The van der Waals surface area contributed by atoms with E-state index in [1.54, 1.807) is 12.1 Å². The Morgan fingerprint density at radius 1 is 1.00 bits per heavy atom. The van der Waals surface area contributed by atoms with Crippen LogP contribution in [0.3, 0.4) is 0 Å². The molecule has 0 atom stereocenters. The Hall–Kier alpha value is -2.73. The zero-order valence-corrected chi connectivity index (χ0v) is 15.0. The molecule has 0 spiro atoms. The highest BCUT2D eigenvalue weighted by Crippen LogP contribution is 2.27. The molecule has 1 aliphatic rings. The summed E-state index contributed by atoms with van der Waals surface area (Å²) in [5.41, 5.74) is 1.55. The molecule has 5 nitrogen and oxygen atoms in total. The van der Waals surface area contributed by atoms with Gasteiger partial charge in [-0.05, 0) is 49.9 Å². The van der Waals surface area contributed by atoms with Crippen molar-refractivity contribution in [3.63, 3.8) is 0 Å². The molecule has 0 bridgehead atoms. The lowest BCUT2D eigenvalue weighted by Crippen LogP contribution is -2.13. The van der Waals surface area contributed by atoms with Crippen LogP contribution in [-0.2, 0) is 0 Å². The Balaban J connectivity index is 1.39. The predicted molar refractivity (Wildman–Crippen MR) is 103 cm³/mol. The number of rotatable bonds is 5. The molecule has 1 heterocycles. The third-order valence-corrected chi connectivity index (χ3v) is 5.28. The van der Waals surface area contributed by atoms with E-state index in [0.717, 1.165) is 29.2 Å². The second kappa shape index (κ2) is 7.66. The third kappa shape index (κ3) is 3.91. The highest BCUT2D eigenvalue weighted by molar-refractivity contribution is 7.18. The minimum Gasteiger partial charge on any atom is -0.490 e. The highest BCUT2D eigenvalue weighted by Gasteiger charge is 2.17. The number of ether oxygens (including phenoxy) is 1. The van der Waals surface area contributed by atoms with Crippen LogP contribution in [0.25, 0.3) is 10.6 Å². The molecule has 1 aliphatic carbocycles. The number of nitrogens with zero attached hydrogens (tertiary/aromatic N) is 2. The Morgan fingerprint density at radius 3 is 2.46 bits per heavy atom. The molecule has 0 saturated heterocycles. The number of anilines is 1. The van der Waals surface area contributed by atoms with E-state index >= 15 is 0 Å². The number of aromatic nitrogens is 2. The number of benzene rings is 2. The van der Waals surface area contributed by atoms with Gasteiger partial charge in [0.1, 0.15) is 10.8 Å². The molecule has 1 N–H and O–H groups in total. The van der Waals surface area contributed by atoms with Gasteiger partial charge >= 0.3 is 0 Å². The van der Waals surface area contributed by atoms with Gasteiger partial charge in [-0.15, -0.1) is 10.2 Å². The van der Waals surface area contributed by atoms with E-state index in [1.165, 1.54) is 24.2 Å². The molecule has 6 heteroatoms. The van der Waals surface area contributed by atoms with Gasteiger partial charge in [0.15, 0.2) is 0 Å². The Labute approximate surface area is 156 Å². The van der Waals surface area contributed by atoms with Crippen molar-refractivity contribution in [2.75, 3.05) is 5.32 Å². The number of carbonyl (C=O) groups excluding carboxylic acids is 1. The first-order chi connectivity index (χ1) is 12.8. The summed E-state index contributed by atoms with van der Waals surface area (Å²) in [6, 6.07) is 17.0. The minimum absolute atomic E-state index is 0.201. The van der Waals surface area contributed by atoms with E-state index < -0.39 is 0 Å². The van der Waals surface area contributed by atoms with Crippen LogP contribution in [0.4, 0.5) is 5.13 Å². The maximum Gasteiger partial charge on any atom is 0.257 e. The molecule has 1 amide bonds. The van der Waals surface area contributed by atoms with E-state index in [2.05, 4.69) is 15.5 Å². The van der Waals surface area contributed by atoms with Crippen LogP contribution < -0.4 is 10.1 Å². The lowest BCUT2D eigenvalue weighted by atomic mass is 10.2. The summed E-state index contributed by atoms with van der Waals surface area (Å²) in [7, 11) is 0. The summed E-state index contributed by atoms with van der Waals surface area (Å²) < 4.78 is 5.93. The van der Waals surface area contributed by atoms with Crippen LogP contribution in [0.2, 0.25) is 0 Å². The van der Waals surface area contributed by atoms with Crippen LogP contribution >= 0.6 is 11.3 Å². The molecule has 1 fully saturated rings. The molecule has 0 radical (unpaired) electrons. The average molecular weight is 365 g/mol. The van der Waals surface area contributed by atoms with Crippen LogP contribution in [0.15, 0.2) is 54.6 Å². The Morgan fingerprint density at radius 2 is 1.73 bits per heavy atom. The van der Waals surface area contributed by atoms with Crippen molar-refractivity contribution in [2.45, 2.75) is 31.8 Å². The fourth-order valence-corrected chi connectivity index (χ4v) is 3.77. The normalized spacial score (nSPS) is 14.3. The monoisotopic (exact) mass is 365 g/mol. The van der Waals surface area contributed by atoms with Crippen molar-refractivity contribution in [1.29, 1.82) is 0 Å². The summed E-state index contributed by atoms with van der Waals surface area (Å²) >= 11 is 1.35. The maximum absolute atomic E-state index is 12.4. The summed E-state index contributed by atoms with van der Waals surface area (Å²) in [5.74, 6) is 0.615. The van der Waals surface area contributed by atoms with Crippen molar-refractivity contribution in [3.8, 4) is 16.3 Å². The summed E-state index contributed by atoms with van der Waals surface area (Å²) in [5, 5.41) is 12.3. The molecule has 26 heavy (non-hydrogen) atoms. The van der Waals surface area contributed by atoms with Gasteiger partial charge in [0.2, 0.25) is 5.13 Å². The largest absolute Gasteiger partial charge is 0.490 e. The van der Waals surface area contributed by atoms with Crippen LogP contribution in [-0.4, -0.2) is 22.2 Å². The molecule has 0 unspecified atom stereocenters. The zero-order chi connectivity index (χ0) is 17.8. The lowest BCUT2D eigenvalue weighted by molar-refractivity contribution is 0.102. The first kappa shape index (κ1) is 16.7. The number of amides is 1. The highest BCUT2D eigenvalue weighted by atomic mass is 32.1. The van der Waals surface area contributed by atoms with Crippen molar-refractivity contribution in [3.05, 3.63) is 60.2 Å². The van der Waals surface area contributed by atoms with Crippen LogP contribution in [0.5, 0.6) is 5.75 Å². The predicted octanol–water partition coefficient (Wildman–Crippen LogP) is 4.78. The number of hydrogen-bond acceptors (Lipinski definition) is 5. The standard InChI is InChI=1S/C20H19N3O2S/c24-18(14-10-12-17(13-11-14)25-16-8-4-5-9-16)21-20-23-22-19(26-20)15-6-2-1-3-7-15/h1-3,6-7,10-13,16H,4-5,8-9H2,(H,21,23,24). The molecule has 2 aromatic carbocycles. The lowest BCUT2D eigenvalue weighted by Gasteiger charge is -2.13. The van der Waals surface area contributed by atoms with Crippen molar-refractivity contribution < 1.29 is 9.53 Å². The molecule has 3 aromatic rings. The third-order valence-electron chi connectivity index (χ3n) is 4.39. The molecule has 0 aliphatic heterocycles. The van der Waals surface area contributed by atoms with Gasteiger partial charge in [0.25, 0.3) is 5.91 Å². The van der Waals surface area contributed by atoms with Crippen molar-refractivity contribution >= 4 is 22.4 Å². The van der Waals surface area contributed by atoms with Crippen LogP contribution in [0.1, 0.15) is 36.0 Å². The van der Waals surface area contributed by atoms with E-state index in [-0.39, 0.29) is 5.91 Å². The van der Waals surface area contributed by atoms with E-state index in [0.29, 0.717) is 16.8 Å². The van der Waals surface area contributed by atoms with Gasteiger partial charge in [-0.25, -0.2) is 0 Å². The molecule has 4 rings (SSSR count). The summed E-state index contributed by atoms with van der Waals surface area (Å²) in [6.45, 7) is 0. The van der Waals surface area contributed by atoms with Crippen LogP contribution in [0, 0.1) is 0 Å². The van der Waals surface area contributed by atoms with Crippen molar-refractivity contribution in [1.82, 2.24) is 10.2 Å². The topological polar surface area (TPSA) is 64.1 Å². The molecule has 1 aromatic heterocycles. The van der Waals surface area contributed by atoms with Gasteiger partial charge in [-0.2, -0.15) is 0 Å². The average Bonchev–Trinajstić information content (AvgIpc) is 3.35. The Bertz CT molecular complexity index is 872. The summed E-state index contributed by atoms with van der Waals surface area (Å²) in [6.07, 6.45) is 5.01. The fraction of sp³-hybridized carbons (Fsp3) is 0.250. The van der Waals surface area contributed by atoms with Crippen molar-refractivity contribution in [2.24, 2.45) is 0 Å². The molecular formula is C20H19N3O2S. The van der Waals surface area contributed by atoms with Gasteiger partial charge in [0, 0.05) is 11.1 Å². The summed E-state index contributed by atoms with van der Waals surface area (Å²) in [4.78, 5) is 12.4. The molecular weight excluding hydrogens is 346 g/mol. The first-order valence-electron chi connectivity index (χ1n) is 8.75. The number of hydrogen-bond donors (Lipinski definition) is 1. The zero-order valence-electron chi connectivity index (χ0n) is 14.2. The molecule has 1 saturated carbocycles. The van der Waals surface area contributed by atoms with Gasteiger partial charge in [-0.1, -0.05) is 41.7 Å². The Kier molecular flexibility index (Phi) is 4.93. The maximum atomic E-state index is 12.4. The van der Waals surface area contributed by atoms with E-state index in [1.807, 2.05) is 42.5 Å². The van der Waals surface area contributed by atoms with Gasteiger partial charge in [-0.3, -0.25) is 10.1 Å². The molecule has 132 valence electrons. The minimum atomic E-state index is -0.201. The quantitative estimate of drug-likeness (QED) is 0.707. The number of carbonyl (C=O) groups is 1. The first-order valence-corrected chi connectivity index (χ1v) is 9.56. The second-order valence-electron chi connectivity index (χ2n) is 6.28. The van der Waals surface area contributed by atoms with Gasteiger partial charge in [0.05, 0.1) is 6.10 Å². The SMILES string of the molecule is O=C(Nc1nnc(-c2ccccc2)s1)c1ccc(OC2CCCC2)cc1. The fourth-order valence-electron chi connectivity index (χ4n) is 3.02. The number of nitrogens with one attached hydrogen (secondary N) is 1. The van der Waals surface area contributed by atoms with E-state index in [4.69, 9.17) is 4.74 Å². The van der Waals surface area contributed by atoms with E-state index in [9.17, 15) is 4.79 Å².